The van der Waals surface area contributed by atoms with Gasteiger partial charge in [0.25, 0.3) is 5.91 Å². The van der Waals surface area contributed by atoms with Gasteiger partial charge in [0.2, 0.25) is 0 Å². The van der Waals surface area contributed by atoms with Gasteiger partial charge in [0.15, 0.2) is 6.10 Å². The Hall–Kier alpha value is -1.16. The molecule has 0 saturated heterocycles. The maximum Gasteiger partial charge on any atom is 0.261 e. The Labute approximate surface area is 150 Å². The van der Waals surface area contributed by atoms with Crippen LogP contribution in [0.15, 0.2) is 18.2 Å². The van der Waals surface area contributed by atoms with E-state index in [-0.39, 0.29) is 10.7 Å². The van der Waals surface area contributed by atoms with Crippen molar-refractivity contribution >= 4 is 17.7 Å². The Morgan fingerprint density at radius 1 is 1.25 bits per heavy atom. The third kappa shape index (κ3) is 6.04. The molecule has 1 aliphatic carbocycles. The molecule has 1 aliphatic rings. The molecule has 1 N–H and O–H groups in total. The number of carbonyl (C=O) groups excluding carboxylic acids is 1. The molecule has 1 aromatic carbocycles. The smallest absolute Gasteiger partial charge is 0.261 e. The van der Waals surface area contributed by atoms with Crippen molar-refractivity contribution in [2.24, 2.45) is 0 Å². The number of ether oxygens (including phenoxy) is 1. The van der Waals surface area contributed by atoms with Gasteiger partial charge < -0.3 is 10.1 Å². The lowest BCUT2D eigenvalue weighted by Gasteiger charge is -2.21. The number of hydrogen-bond donors (Lipinski definition) is 1. The Morgan fingerprint density at radius 3 is 2.62 bits per heavy atom. The summed E-state index contributed by atoms with van der Waals surface area (Å²) in [4.78, 5) is 12.3. The molecule has 0 bridgehead atoms. The fraction of sp³-hybridized carbons (Fsp3) is 0.650. The molecule has 0 radical (unpaired) electrons. The number of rotatable bonds is 7. The molecule has 1 atom stereocenters. The van der Waals surface area contributed by atoms with E-state index in [1.165, 1.54) is 30.4 Å². The van der Waals surface area contributed by atoms with E-state index in [2.05, 4.69) is 38.2 Å². The van der Waals surface area contributed by atoms with E-state index in [9.17, 15) is 4.79 Å². The molecule has 2 rings (SSSR count). The maximum absolute atomic E-state index is 12.3. The monoisotopic (exact) mass is 349 g/mol. The summed E-state index contributed by atoms with van der Waals surface area (Å²) in [6, 6.07) is 6.30. The van der Waals surface area contributed by atoms with E-state index in [4.69, 9.17) is 4.74 Å². The number of hydrogen-bond acceptors (Lipinski definition) is 3. The fourth-order valence-electron chi connectivity index (χ4n) is 2.91. The van der Waals surface area contributed by atoms with Gasteiger partial charge in [-0.25, -0.2) is 0 Å². The summed E-state index contributed by atoms with van der Waals surface area (Å²) >= 11 is 1.86. The normalized spacial score (nSPS) is 15.5. The molecule has 0 heterocycles. The van der Waals surface area contributed by atoms with Crippen molar-refractivity contribution < 1.29 is 9.53 Å². The molecule has 0 aromatic heterocycles. The lowest BCUT2D eigenvalue weighted by molar-refractivity contribution is -0.127. The average molecular weight is 350 g/mol. The predicted molar refractivity (Wildman–Crippen MR) is 103 cm³/mol. The van der Waals surface area contributed by atoms with Gasteiger partial charge in [-0.3, -0.25) is 4.79 Å². The van der Waals surface area contributed by atoms with Crippen LogP contribution in [0.4, 0.5) is 0 Å². The van der Waals surface area contributed by atoms with Crippen LogP contribution in [0.2, 0.25) is 0 Å². The molecule has 1 amide bonds. The summed E-state index contributed by atoms with van der Waals surface area (Å²) < 4.78 is 6.20. The number of amides is 1. The molecule has 1 unspecified atom stereocenters. The summed E-state index contributed by atoms with van der Waals surface area (Å²) in [5.41, 5.74) is 2.82. The molecule has 0 spiro atoms. The summed E-state index contributed by atoms with van der Waals surface area (Å²) in [5, 5.41) is 3.00. The highest BCUT2D eigenvalue weighted by molar-refractivity contribution is 8.00. The molecule has 4 heteroatoms. The average Bonchev–Trinajstić information content (AvgIpc) is 2.55. The van der Waals surface area contributed by atoms with Crippen LogP contribution in [0.3, 0.4) is 0 Å². The molecule has 0 aliphatic heterocycles. The van der Waals surface area contributed by atoms with Gasteiger partial charge in [0, 0.05) is 17.0 Å². The number of nitrogens with one attached hydrogen (secondary N) is 1. The molecule has 24 heavy (non-hydrogen) atoms. The highest BCUT2D eigenvalue weighted by atomic mass is 32.2. The minimum Gasteiger partial charge on any atom is -0.481 e. The zero-order valence-electron chi connectivity index (χ0n) is 15.5. The van der Waals surface area contributed by atoms with Crippen molar-refractivity contribution in [2.45, 2.75) is 70.7 Å². The second kappa shape index (κ2) is 8.80. The highest BCUT2D eigenvalue weighted by Crippen LogP contribution is 2.26. The van der Waals surface area contributed by atoms with Crippen molar-refractivity contribution in [3.05, 3.63) is 29.3 Å². The maximum atomic E-state index is 12.3. The van der Waals surface area contributed by atoms with Crippen molar-refractivity contribution in [3.8, 4) is 5.75 Å². The zero-order valence-corrected chi connectivity index (χ0v) is 16.3. The number of thioether (sulfide) groups is 1. The van der Waals surface area contributed by atoms with E-state index in [0.717, 1.165) is 17.9 Å². The minimum absolute atomic E-state index is 0.00951. The van der Waals surface area contributed by atoms with Crippen LogP contribution in [-0.2, 0) is 17.6 Å². The van der Waals surface area contributed by atoms with Gasteiger partial charge in [-0.15, -0.1) is 0 Å². The first kappa shape index (κ1) is 19.2. The third-order valence-corrected chi connectivity index (χ3v) is 5.47. The summed E-state index contributed by atoms with van der Waals surface area (Å²) in [6.45, 7) is 9.24. The van der Waals surface area contributed by atoms with E-state index >= 15 is 0 Å². The minimum atomic E-state index is -0.411. The highest BCUT2D eigenvalue weighted by Gasteiger charge is 2.19. The van der Waals surface area contributed by atoms with Crippen molar-refractivity contribution in [3.63, 3.8) is 0 Å². The second-order valence-corrected chi connectivity index (χ2v) is 9.33. The molecular formula is C20H31NO2S. The molecular weight excluding hydrogens is 318 g/mol. The van der Waals surface area contributed by atoms with E-state index < -0.39 is 6.10 Å². The topological polar surface area (TPSA) is 38.3 Å². The molecule has 3 nitrogen and oxygen atoms in total. The zero-order chi connectivity index (χ0) is 17.6. The third-order valence-electron chi connectivity index (χ3n) is 4.20. The summed E-state index contributed by atoms with van der Waals surface area (Å²) in [5.74, 6) is 1.73. The lowest BCUT2D eigenvalue weighted by atomic mass is 9.92. The molecule has 0 saturated carbocycles. The van der Waals surface area contributed by atoms with Gasteiger partial charge in [0.05, 0.1) is 0 Å². The fourth-order valence-corrected chi connectivity index (χ4v) is 3.73. The van der Waals surface area contributed by atoms with Crippen LogP contribution in [-0.4, -0.2) is 29.1 Å². The van der Waals surface area contributed by atoms with Crippen LogP contribution in [0.25, 0.3) is 0 Å². The number of carbonyl (C=O) groups is 1. The first-order chi connectivity index (χ1) is 11.4. The van der Waals surface area contributed by atoms with Gasteiger partial charge in [-0.05, 0) is 55.4 Å². The number of aryl methyl sites for hydroxylation is 2. The first-order valence-electron chi connectivity index (χ1n) is 9.09. The van der Waals surface area contributed by atoms with Crippen molar-refractivity contribution in [1.82, 2.24) is 5.32 Å². The number of benzene rings is 1. The second-order valence-electron chi connectivity index (χ2n) is 7.40. The van der Waals surface area contributed by atoms with Crippen molar-refractivity contribution in [2.75, 3.05) is 12.3 Å². The Kier molecular flexibility index (Phi) is 7.02. The molecule has 0 fully saturated rings. The van der Waals surface area contributed by atoms with Crippen LogP contribution in [0.5, 0.6) is 5.75 Å². The van der Waals surface area contributed by atoms with Crippen LogP contribution < -0.4 is 10.1 Å². The Bertz CT molecular complexity index is 551. The summed E-state index contributed by atoms with van der Waals surface area (Å²) in [6.07, 6.45) is 5.08. The van der Waals surface area contributed by atoms with Crippen LogP contribution in [0, 0.1) is 0 Å². The Balaban J connectivity index is 1.85. The SMILES string of the molecule is CCC(Oc1ccc2c(c1)CCCC2)C(=O)NCCSC(C)(C)C. The Morgan fingerprint density at radius 2 is 1.96 bits per heavy atom. The molecule has 134 valence electrons. The standard InChI is InChI=1S/C20H31NO2S/c1-5-18(19(22)21-12-13-24-20(2,3)4)23-17-11-10-15-8-6-7-9-16(15)14-17/h10-11,14,18H,5-9,12-13H2,1-4H3,(H,21,22). The van der Waals surface area contributed by atoms with Crippen LogP contribution >= 0.6 is 11.8 Å². The quantitative estimate of drug-likeness (QED) is 0.743. The van der Waals surface area contributed by atoms with E-state index in [1.807, 2.05) is 24.8 Å². The predicted octanol–water partition coefficient (Wildman–Crippen LogP) is 4.37. The first-order valence-corrected chi connectivity index (χ1v) is 10.1. The van der Waals surface area contributed by atoms with E-state index in [0.29, 0.717) is 13.0 Å². The van der Waals surface area contributed by atoms with Gasteiger partial charge in [-0.2, -0.15) is 11.8 Å². The van der Waals surface area contributed by atoms with Gasteiger partial charge in [0.1, 0.15) is 5.75 Å². The van der Waals surface area contributed by atoms with Crippen LogP contribution in [0.1, 0.15) is 58.1 Å². The summed E-state index contributed by atoms with van der Waals surface area (Å²) in [7, 11) is 0. The van der Waals surface area contributed by atoms with Crippen molar-refractivity contribution in [1.29, 1.82) is 0 Å². The number of fused-ring (bicyclic) bond motifs is 1. The largest absolute Gasteiger partial charge is 0.481 e. The van der Waals surface area contributed by atoms with Gasteiger partial charge >= 0.3 is 0 Å². The van der Waals surface area contributed by atoms with E-state index in [1.54, 1.807) is 0 Å². The lowest BCUT2D eigenvalue weighted by Crippen LogP contribution is -2.39. The molecule has 1 aromatic rings. The van der Waals surface area contributed by atoms with Gasteiger partial charge in [-0.1, -0.05) is 33.8 Å².